The third-order valence-electron chi connectivity index (χ3n) is 3.65. The Labute approximate surface area is 141 Å². The normalized spacial score (nSPS) is 15.4. The number of nitrogens with one attached hydrogen (secondary N) is 2. The first-order valence-electron chi connectivity index (χ1n) is 7.36. The molecule has 2 aromatic rings. The van der Waals surface area contributed by atoms with Gasteiger partial charge in [0.25, 0.3) is 0 Å². The number of hydrogen-bond donors (Lipinski definition) is 2. The number of nitrogens with zero attached hydrogens (tertiary/aromatic N) is 3. The maximum atomic E-state index is 12.6. The lowest BCUT2D eigenvalue weighted by Gasteiger charge is -2.29. The van der Waals surface area contributed by atoms with E-state index in [-0.39, 0.29) is 5.95 Å². The second kappa shape index (κ2) is 6.82. The van der Waals surface area contributed by atoms with Gasteiger partial charge in [0, 0.05) is 43.8 Å². The Morgan fingerprint density at radius 1 is 1.12 bits per heavy atom. The maximum absolute atomic E-state index is 12.6. The molecule has 1 aromatic heterocycles. The highest BCUT2D eigenvalue weighted by atomic mass is 35.5. The van der Waals surface area contributed by atoms with Crippen molar-refractivity contribution in [3.8, 4) is 0 Å². The van der Waals surface area contributed by atoms with Gasteiger partial charge >= 0.3 is 6.18 Å². The van der Waals surface area contributed by atoms with Crippen molar-refractivity contribution in [3.63, 3.8) is 0 Å². The zero-order chi connectivity index (χ0) is 17.2. The second-order valence-corrected chi connectivity index (χ2v) is 5.66. The molecule has 24 heavy (non-hydrogen) atoms. The molecule has 5 nitrogen and oxygen atoms in total. The Balaban J connectivity index is 1.71. The molecule has 2 heterocycles. The van der Waals surface area contributed by atoms with Gasteiger partial charge in [-0.25, -0.2) is 9.97 Å². The first-order valence-corrected chi connectivity index (χ1v) is 7.74. The Morgan fingerprint density at radius 2 is 1.79 bits per heavy atom. The van der Waals surface area contributed by atoms with E-state index < -0.39 is 16.9 Å². The van der Waals surface area contributed by atoms with E-state index in [4.69, 9.17) is 11.6 Å². The smallest absolute Gasteiger partial charge is 0.369 e. The lowest BCUT2D eigenvalue weighted by Crippen LogP contribution is -2.43. The van der Waals surface area contributed by atoms with Crippen molar-refractivity contribution in [2.24, 2.45) is 0 Å². The molecule has 1 fully saturated rings. The maximum Gasteiger partial charge on any atom is 0.420 e. The fourth-order valence-corrected chi connectivity index (χ4v) is 2.66. The Morgan fingerprint density at radius 3 is 2.38 bits per heavy atom. The molecule has 0 bridgehead atoms. The molecular weight excluding hydrogens is 343 g/mol. The minimum absolute atomic E-state index is 0.0166. The van der Waals surface area contributed by atoms with Gasteiger partial charge in [-0.1, -0.05) is 11.6 Å². The van der Waals surface area contributed by atoms with Gasteiger partial charge in [-0.3, -0.25) is 0 Å². The zero-order valence-corrected chi connectivity index (χ0v) is 13.3. The molecule has 2 N–H and O–H groups in total. The van der Waals surface area contributed by atoms with Crippen LogP contribution in [0.2, 0.25) is 5.15 Å². The van der Waals surface area contributed by atoms with Gasteiger partial charge in [-0.05, 0) is 24.3 Å². The van der Waals surface area contributed by atoms with Crippen LogP contribution in [0.4, 0.5) is 30.5 Å². The number of alkyl halides is 3. The SMILES string of the molecule is FC(F)(F)c1cnc(Nc2ccc(N3CCNCC3)cc2)nc1Cl. The van der Waals surface area contributed by atoms with E-state index in [0.717, 1.165) is 31.9 Å². The van der Waals surface area contributed by atoms with E-state index in [1.165, 1.54) is 0 Å². The average molecular weight is 358 g/mol. The zero-order valence-electron chi connectivity index (χ0n) is 12.6. The molecule has 1 aliphatic heterocycles. The monoisotopic (exact) mass is 357 g/mol. The highest BCUT2D eigenvalue weighted by molar-refractivity contribution is 6.30. The van der Waals surface area contributed by atoms with Gasteiger partial charge in [0.05, 0.1) is 0 Å². The van der Waals surface area contributed by atoms with Crippen molar-refractivity contribution in [1.82, 2.24) is 15.3 Å². The molecule has 0 radical (unpaired) electrons. The number of rotatable bonds is 3. The third kappa shape index (κ3) is 3.88. The van der Waals surface area contributed by atoms with Crippen LogP contribution < -0.4 is 15.5 Å². The molecule has 0 spiro atoms. The molecule has 0 aliphatic carbocycles. The summed E-state index contributed by atoms with van der Waals surface area (Å²) in [7, 11) is 0. The van der Waals surface area contributed by atoms with Gasteiger partial charge in [-0.15, -0.1) is 0 Å². The minimum atomic E-state index is -4.57. The van der Waals surface area contributed by atoms with Crippen LogP contribution in [0.25, 0.3) is 0 Å². The van der Waals surface area contributed by atoms with Crippen molar-refractivity contribution in [3.05, 3.63) is 41.2 Å². The van der Waals surface area contributed by atoms with E-state index in [2.05, 4.69) is 25.5 Å². The molecule has 3 rings (SSSR count). The summed E-state index contributed by atoms with van der Waals surface area (Å²) in [5.74, 6) is 0.0166. The summed E-state index contributed by atoms with van der Waals surface area (Å²) < 4.78 is 37.9. The van der Waals surface area contributed by atoms with E-state index in [9.17, 15) is 13.2 Å². The number of halogens is 4. The predicted octanol–water partition coefficient (Wildman–Crippen LogP) is 3.30. The van der Waals surface area contributed by atoms with Crippen molar-refractivity contribution < 1.29 is 13.2 Å². The van der Waals surface area contributed by atoms with Crippen LogP contribution in [0, 0.1) is 0 Å². The van der Waals surface area contributed by atoms with E-state index in [1.54, 1.807) is 0 Å². The molecule has 0 atom stereocenters. The van der Waals surface area contributed by atoms with Gasteiger partial charge in [0.2, 0.25) is 5.95 Å². The van der Waals surface area contributed by atoms with Crippen LogP contribution in [-0.2, 0) is 6.18 Å². The van der Waals surface area contributed by atoms with E-state index in [1.807, 2.05) is 24.3 Å². The number of benzene rings is 1. The minimum Gasteiger partial charge on any atom is -0.369 e. The Kier molecular flexibility index (Phi) is 4.77. The molecule has 9 heteroatoms. The summed E-state index contributed by atoms with van der Waals surface area (Å²) in [4.78, 5) is 9.58. The van der Waals surface area contributed by atoms with Crippen LogP contribution in [0.5, 0.6) is 0 Å². The van der Waals surface area contributed by atoms with Crippen LogP contribution in [0.15, 0.2) is 30.5 Å². The fraction of sp³-hybridized carbons (Fsp3) is 0.333. The number of hydrogen-bond acceptors (Lipinski definition) is 5. The largest absolute Gasteiger partial charge is 0.420 e. The average Bonchev–Trinajstić information content (AvgIpc) is 2.55. The van der Waals surface area contributed by atoms with Gasteiger partial charge in [0.1, 0.15) is 10.7 Å². The lowest BCUT2D eigenvalue weighted by molar-refractivity contribution is -0.137. The van der Waals surface area contributed by atoms with E-state index >= 15 is 0 Å². The van der Waals surface area contributed by atoms with Crippen LogP contribution in [0.1, 0.15) is 5.56 Å². The number of piperazine rings is 1. The van der Waals surface area contributed by atoms with Crippen molar-refractivity contribution in [2.45, 2.75) is 6.18 Å². The molecule has 1 saturated heterocycles. The standard InChI is InChI=1S/C15H15ClF3N5/c16-13-12(15(17,18)19)9-21-14(23-13)22-10-1-3-11(4-2-10)24-7-5-20-6-8-24/h1-4,9,20H,5-8H2,(H,21,22,23). The molecular formula is C15H15ClF3N5. The third-order valence-corrected chi connectivity index (χ3v) is 3.94. The molecule has 0 amide bonds. The lowest BCUT2D eigenvalue weighted by atomic mass is 10.2. The summed E-state index contributed by atoms with van der Waals surface area (Å²) >= 11 is 5.58. The van der Waals surface area contributed by atoms with Crippen molar-refractivity contribution >= 4 is 28.9 Å². The highest BCUT2D eigenvalue weighted by Gasteiger charge is 2.34. The van der Waals surface area contributed by atoms with Crippen molar-refractivity contribution in [1.29, 1.82) is 0 Å². The first-order chi connectivity index (χ1) is 11.4. The second-order valence-electron chi connectivity index (χ2n) is 5.30. The van der Waals surface area contributed by atoms with E-state index in [0.29, 0.717) is 11.9 Å². The number of anilines is 3. The summed E-state index contributed by atoms with van der Waals surface area (Å²) in [6.07, 6.45) is -3.90. The summed E-state index contributed by atoms with van der Waals surface area (Å²) in [6, 6.07) is 7.54. The van der Waals surface area contributed by atoms with Crippen LogP contribution in [-0.4, -0.2) is 36.1 Å². The Hall–Kier alpha value is -2.06. The fourth-order valence-electron chi connectivity index (χ4n) is 2.42. The molecule has 128 valence electrons. The summed E-state index contributed by atoms with van der Waals surface area (Å²) in [6.45, 7) is 3.75. The predicted molar refractivity (Wildman–Crippen MR) is 86.9 cm³/mol. The van der Waals surface area contributed by atoms with Crippen molar-refractivity contribution in [2.75, 3.05) is 36.4 Å². The summed E-state index contributed by atoms with van der Waals surface area (Å²) in [5, 5.41) is 5.51. The van der Waals surface area contributed by atoms with Crippen LogP contribution in [0.3, 0.4) is 0 Å². The van der Waals surface area contributed by atoms with Gasteiger partial charge in [0.15, 0.2) is 0 Å². The Bertz CT molecular complexity index is 699. The van der Waals surface area contributed by atoms with Gasteiger partial charge < -0.3 is 15.5 Å². The van der Waals surface area contributed by atoms with Crippen LogP contribution >= 0.6 is 11.6 Å². The molecule has 0 saturated carbocycles. The topological polar surface area (TPSA) is 53.1 Å². The van der Waals surface area contributed by atoms with Gasteiger partial charge in [-0.2, -0.15) is 13.2 Å². The summed E-state index contributed by atoms with van der Waals surface area (Å²) in [5.41, 5.74) is 0.710. The molecule has 1 aliphatic rings. The number of aromatic nitrogens is 2. The molecule has 1 aromatic carbocycles. The quantitative estimate of drug-likeness (QED) is 0.825. The first kappa shape index (κ1) is 16.8. The molecule has 0 unspecified atom stereocenters. The highest BCUT2D eigenvalue weighted by Crippen LogP contribution is 2.33.